The van der Waals surface area contributed by atoms with Gasteiger partial charge in [-0.1, -0.05) is 34.1 Å². The fraction of sp³-hybridized carbons (Fsp3) is 0.250. The van der Waals surface area contributed by atoms with E-state index < -0.39 is 0 Å². The smallest absolute Gasteiger partial charge is 0.127 e. The van der Waals surface area contributed by atoms with E-state index in [2.05, 4.69) is 21.2 Å². The molecule has 0 aromatic heterocycles. The predicted octanol–water partition coefficient (Wildman–Crippen LogP) is 3.76. The van der Waals surface area contributed by atoms with Gasteiger partial charge in [0.15, 0.2) is 0 Å². The first kappa shape index (κ1) is 14.9. The van der Waals surface area contributed by atoms with Crippen LogP contribution in [0.25, 0.3) is 0 Å². The second kappa shape index (κ2) is 7.31. The second-order valence-corrected chi connectivity index (χ2v) is 5.33. The first-order chi connectivity index (χ1) is 9.72. The van der Waals surface area contributed by atoms with E-state index in [0.717, 1.165) is 33.6 Å². The summed E-state index contributed by atoms with van der Waals surface area (Å²) in [6, 6.07) is 14.0. The average Bonchev–Trinajstić information content (AvgIpc) is 2.48. The topological polar surface area (TPSA) is 30.5 Å². The van der Waals surface area contributed by atoms with Crippen LogP contribution in [-0.2, 0) is 13.2 Å². The number of rotatable bonds is 6. The van der Waals surface area contributed by atoms with Crippen LogP contribution in [0.2, 0.25) is 0 Å². The molecule has 0 heterocycles. The van der Waals surface area contributed by atoms with Crippen molar-refractivity contribution < 1.29 is 9.47 Å². The molecule has 2 aromatic carbocycles. The van der Waals surface area contributed by atoms with Crippen LogP contribution in [-0.4, -0.2) is 14.2 Å². The van der Waals surface area contributed by atoms with Crippen LogP contribution in [0.3, 0.4) is 0 Å². The maximum atomic E-state index is 5.92. The number of benzene rings is 2. The van der Waals surface area contributed by atoms with Crippen molar-refractivity contribution in [2.45, 2.75) is 13.2 Å². The van der Waals surface area contributed by atoms with Gasteiger partial charge >= 0.3 is 0 Å². The molecule has 0 aliphatic rings. The third-order valence-electron chi connectivity index (χ3n) is 2.95. The second-order valence-electron chi connectivity index (χ2n) is 4.42. The van der Waals surface area contributed by atoms with Gasteiger partial charge in [-0.3, -0.25) is 0 Å². The number of nitrogens with one attached hydrogen (secondary N) is 1. The zero-order valence-electron chi connectivity index (χ0n) is 11.7. The minimum Gasteiger partial charge on any atom is -0.497 e. The Balaban J connectivity index is 2.12. The average molecular weight is 336 g/mol. The summed E-state index contributed by atoms with van der Waals surface area (Å²) in [5.41, 5.74) is 2.25. The quantitative estimate of drug-likeness (QED) is 0.871. The van der Waals surface area contributed by atoms with Gasteiger partial charge in [0.2, 0.25) is 0 Å². The zero-order chi connectivity index (χ0) is 14.4. The van der Waals surface area contributed by atoms with E-state index in [-0.39, 0.29) is 0 Å². The lowest BCUT2D eigenvalue weighted by molar-refractivity contribution is 0.300. The lowest BCUT2D eigenvalue weighted by Crippen LogP contribution is -2.07. The van der Waals surface area contributed by atoms with Gasteiger partial charge in [-0.2, -0.15) is 0 Å². The van der Waals surface area contributed by atoms with Crippen molar-refractivity contribution in [1.29, 1.82) is 0 Å². The molecule has 0 aliphatic carbocycles. The number of halogens is 1. The van der Waals surface area contributed by atoms with E-state index in [1.54, 1.807) is 7.11 Å². The van der Waals surface area contributed by atoms with Crippen LogP contribution in [0.5, 0.6) is 11.5 Å². The predicted molar refractivity (Wildman–Crippen MR) is 84.2 cm³/mol. The van der Waals surface area contributed by atoms with E-state index in [4.69, 9.17) is 9.47 Å². The molecule has 0 radical (unpaired) electrons. The Morgan fingerprint density at radius 3 is 2.50 bits per heavy atom. The molecule has 0 spiro atoms. The summed E-state index contributed by atoms with van der Waals surface area (Å²) in [7, 11) is 3.58. The van der Waals surface area contributed by atoms with Crippen LogP contribution in [0.4, 0.5) is 0 Å². The van der Waals surface area contributed by atoms with Crippen molar-refractivity contribution in [2.24, 2.45) is 0 Å². The minimum atomic E-state index is 0.539. The molecule has 20 heavy (non-hydrogen) atoms. The molecule has 0 saturated carbocycles. The number of hydrogen-bond acceptors (Lipinski definition) is 3. The van der Waals surface area contributed by atoms with Crippen molar-refractivity contribution >= 4 is 15.9 Å². The SMILES string of the molecule is CNCc1ccc(OC)cc1OCc1ccc(Br)cc1. The fourth-order valence-corrected chi connectivity index (χ4v) is 2.14. The number of methoxy groups -OCH3 is 1. The standard InChI is InChI=1S/C16H18BrNO2/c1-18-10-13-5-8-15(19-2)9-16(13)20-11-12-3-6-14(17)7-4-12/h3-9,18H,10-11H2,1-2H3. The molecule has 3 nitrogen and oxygen atoms in total. The highest BCUT2D eigenvalue weighted by Crippen LogP contribution is 2.25. The van der Waals surface area contributed by atoms with E-state index >= 15 is 0 Å². The van der Waals surface area contributed by atoms with E-state index in [9.17, 15) is 0 Å². The summed E-state index contributed by atoms with van der Waals surface area (Å²) in [6.07, 6.45) is 0. The molecule has 106 valence electrons. The Morgan fingerprint density at radius 2 is 1.85 bits per heavy atom. The molecule has 0 fully saturated rings. The Kier molecular flexibility index (Phi) is 5.44. The van der Waals surface area contributed by atoms with Gasteiger partial charge < -0.3 is 14.8 Å². The first-order valence-electron chi connectivity index (χ1n) is 6.41. The van der Waals surface area contributed by atoms with Crippen LogP contribution >= 0.6 is 15.9 Å². The van der Waals surface area contributed by atoms with Gasteiger partial charge in [0, 0.05) is 22.6 Å². The van der Waals surface area contributed by atoms with Crippen LogP contribution in [0, 0.1) is 0 Å². The molecule has 1 N–H and O–H groups in total. The van der Waals surface area contributed by atoms with Crippen molar-refractivity contribution in [3.8, 4) is 11.5 Å². The molecular formula is C16H18BrNO2. The Hall–Kier alpha value is -1.52. The molecule has 0 aliphatic heterocycles. The Labute approximate surface area is 128 Å². The van der Waals surface area contributed by atoms with Gasteiger partial charge in [-0.05, 0) is 30.8 Å². The maximum absolute atomic E-state index is 5.92. The highest BCUT2D eigenvalue weighted by Gasteiger charge is 2.06. The normalized spacial score (nSPS) is 10.3. The van der Waals surface area contributed by atoms with Gasteiger partial charge in [0.25, 0.3) is 0 Å². The summed E-state index contributed by atoms with van der Waals surface area (Å²) in [4.78, 5) is 0. The molecule has 2 rings (SSSR count). The number of ether oxygens (including phenoxy) is 2. The minimum absolute atomic E-state index is 0.539. The largest absolute Gasteiger partial charge is 0.497 e. The Morgan fingerprint density at radius 1 is 1.10 bits per heavy atom. The highest BCUT2D eigenvalue weighted by molar-refractivity contribution is 9.10. The molecule has 2 aromatic rings. The molecule has 0 saturated heterocycles. The monoisotopic (exact) mass is 335 g/mol. The first-order valence-corrected chi connectivity index (χ1v) is 7.21. The summed E-state index contributed by atoms with van der Waals surface area (Å²) in [6.45, 7) is 1.30. The lowest BCUT2D eigenvalue weighted by atomic mass is 10.2. The van der Waals surface area contributed by atoms with Crippen molar-refractivity contribution in [3.63, 3.8) is 0 Å². The third kappa shape index (κ3) is 3.99. The molecule has 0 unspecified atom stereocenters. The van der Waals surface area contributed by atoms with E-state index in [0.29, 0.717) is 6.61 Å². The van der Waals surface area contributed by atoms with Crippen LogP contribution < -0.4 is 14.8 Å². The maximum Gasteiger partial charge on any atom is 0.127 e. The van der Waals surface area contributed by atoms with Crippen LogP contribution in [0.1, 0.15) is 11.1 Å². The molecule has 0 amide bonds. The summed E-state index contributed by atoms with van der Waals surface area (Å²) < 4.78 is 12.2. The van der Waals surface area contributed by atoms with Crippen molar-refractivity contribution in [2.75, 3.05) is 14.2 Å². The third-order valence-corrected chi connectivity index (χ3v) is 3.48. The highest BCUT2D eigenvalue weighted by atomic mass is 79.9. The molecule has 0 bridgehead atoms. The van der Waals surface area contributed by atoms with E-state index in [1.807, 2.05) is 49.5 Å². The van der Waals surface area contributed by atoms with Gasteiger partial charge in [-0.15, -0.1) is 0 Å². The summed E-state index contributed by atoms with van der Waals surface area (Å²) in [5.74, 6) is 1.65. The molecule has 0 atom stereocenters. The molecule has 4 heteroatoms. The van der Waals surface area contributed by atoms with Gasteiger partial charge in [-0.25, -0.2) is 0 Å². The van der Waals surface area contributed by atoms with E-state index in [1.165, 1.54) is 0 Å². The van der Waals surface area contributed by atoms with Crippen molar-refractivity contribution in [3.05, 3.63) is 58.1 Å². The fourth-order valence-electron chi connectivity index (χ4n) is 1.87. The zero-order valence-corrected chi connectivity index (χ0v) is 13.2. The van der Waals surface area contributed by atoms with Crippen LogP contribution in [0.15, 0.2) is 46.9 Å². The van der Waals surface area contributed by atoms with Crippen molar-refractivity contribution in [1.82, 2.24) is 5.32 Å². The summed E-state index contributed by atoms with van der Waals surface area (Å²) >= 11 is 3.43. The van der Waals surface area contributed by atoms with Gasteiger partial charge in [0.1, 0.15) is 18.1 Å². The van der Waals surface area contributed by atoms with Gasteiger partial charge in [0.05, 0.1) is 7.11 Å². The lowest BCUT2D eigenvalue weighted by Gasteiger charge is -2.13. The summed E-state index contributed by atoms with van der Waals surface area (Å²) in [5, 5.41) is 3.14. The molecular weight excluding hydrogens is 318 g/mol. The Bertz CT molecular complexity index is 555. The number of hydrogen-bond donors (Lipinski definition) is 1.